The van der Waals surface area contributed by atoms with E-state index < -0.39 is 0 Å². The molecule has 1 aliphatic rings. The van der Waals surface area contributed by atoms with Crippen LogP contribution in [0.15, 0.2) is 41.1 Å². The highest BCUT2D eigenvalue weighted by Gasteiger charge is 2.25. The van der Waals surface area contributed by atoms with Gasteiger partial charge in [0, 0.05) is 60.6 Å². The molecule has 0 bridgehead atoms. The zero-order valence-corrected chi connectivity index (χ0v) is 20.5. The van der Waals surface area contributed by atoms with Crippen molar-refractivity contribution in [2.75, 3.05) is 26.2 Å². The van der Waals surface area contributed by atoms with Crippen LogP contribution in [0.4, 0.5) is 0 Å². The molecule has 2 aromatic heterocycles. The van der Waals surface area contributed by atoms with Crippen LogP contribution in [-0.2, 0) is 19.5 Å². The highest BCUT2D eigenvalue weighted by molar-refractivity contribution is 7.14. The number of halogens is 2. The van der Waals surface area contributed by atoms with Gasteiger partial charge in [0.05, 0.1) is 11.1 Å². The van der Waals surface area contributed by atoms with Gasteiger partial charge in [0.1, 0.15) is 11.3 Å². The number of carbonyl (C=O) groups excluding carboxylic acids is 2. The molecule has 0 aliphatic carbocycles. The molecule has 0 unspecified atom stereocenters. The molecule has 3 aromatic rings. The summed E-state index contributed by atoms with van der Waals surface area (Å²) in [5, 5.41) is 7.76. The molecule has 10 heteroatoms. The molecular formula is C23H24Cl2N4O3S. The molecule has 7 nitrogen and oxygen atoms in total. The molecule has 1 aliphatic heterocycles. The number of hydrogen-bond acceptors (Lipinski definition) is 6. The minimum absolute atomic E-state index is 0.0244. The van der Waals surface area contributed by atoms with E-state index in [1.807, 2.05) is 24.0 Å². The van der Waals surface area contributed by atoms with Gasteiger partial charge in [-0.2, -0.15) is 0 Å². The number of nitrogens with zero attached hydrogens (tertiary/aromatic N) is 3. The molecule has 0 spiro atoms. The van der Waals surface area contributed by atoms with Crippen molar-refractivity contribution in [1.82, 2.24) is 20.3 Å². The SMILES string of the molecule is CCc1oncc1C(=O)N1CCN(Cc2ccc(C(=O)NCc3ccc(Cl)cc3Cl)s2)CC1. The lowest BCUT2D eigenvalue weighted by atomic mass is 10.2. The van der Waals surface area contributed by atoms with Crippen LogP contribution in [0.1, 0.15) is 43.2 Å². The van der Waals surface area contributed by atoms with Gasteiger partial charge in [-0.25, -0.2) is 0 Å². The van der Waals surface area contributed by atoms with Crippen LogP contribution in [0.2, 0.25) is 10.0 Å². The lowest BCUT2D eigenvalue weighted by Crippen LogP contribution is -2.48. The van der Waals surface area contributed by atoms with E-state index in [1.165, 1.54) is 17.5 Å². The quantitative estimate of drug-likeness (QED) is 0.510. The lowest BCUT2D eigenvalue weighted by Gasteiger charge is -2.34. The Morgan fingerprint density at radius 2 is 1.94 bits per heavy atom. The zero-order chi connectivity index (χ0) is 23.4. The Morgan fingerprint density at radius 1 is 1.15 bits per heavy atom. The molecule has 4 rings (SSSR count). The second kappa shape index (κ2) is 10.7. The Morgan fingerprint density at radius 3 is 2.67 bits per heavy atom. The Labute approximate surface area is 206 Å². The van der Waals surface area contributed by atoms with Crippen LogP contribution >= 0.6 is 34.5 Å². The van der Waals surface area contributed by atoms with E-state index >= 15 is 0 Å². The Bertz CT molecular complexity index is 1140. The fourth-order valence-corrected chi connectivity index (χ4v) is 5.15. The first-order valence-electron chi connectivity index (χ1n) is 10.7. The van der Waals surface area contributed by atoms with E-state index in [2.05, 4.69) is 15.4 Å². The molecule has 0 atom stereocenters. The average molecular weight is 507 g/mol. The van der Waals surface area contributed by atoms with Gasteiger partial charge < -0.3 is 14.7 Å². The highest BCUT2D eigenvalue weighted by Crippen LogP contribution is 2.22. The van der Waals surface area contributed by atoms with E-state index in [1.54, 1.807) is 18.2 Å². The van der Waals surface area contributed by atoms with Crippen molar-refractivity contribution in [2.45, 2.75) is 26.4 Å². The van der Waals surface area contributed by atoms with Gasteiger partial charge in [0.25, 0.3) is 11.8 Å². The second-order valence-electron chi connectivity index (χ2n) is 7.77. The maximum atomic E-state index is 12.7. The molecule has 2 amide bonds. The normalized spacial score (nSPS) is 14.5. The Hall–Kier alpha value is -2.39. The number of thiophene rings is 1. The van der Waals surface area contributed by atoms with Gasteiger partial charge in [-0.1, -0.05) is 41.3 Å². The topological polar surface area (TPSA) is 78.7 Å². The minimum Gasteiger partial charge on any atom is -0.361 e. The van der Waals surface area contributed by atoms with E-state index in [-0.39, 0.29) is 11.8 Å². The number of carbonyl (C=O) groups is 2. The third-order valence-corrected chi connectivity index (χ3v) is 7.23. The molecule has 0 radical (unpaired) electrons. The number of aromatic nitrogens is 1. The third-order valence-electron chi connectivity index (χ3n) is 5.58. The monoisotopic (exact) mass is 506 g/mol. The predicted octanol–water partition coefficient (Wildman–Crippen LogP) is 4.49. The van der Waals surface area contributed by atoms with E-state index in [4.69, 9.17) is 27.7 Å². The molecule has 0 saturated carbocycles. The average Bonchev–Trinajstić information content (AvgIpc) is 3.48. The lowest BCUT2D eigenvalue weighted by molar-refractivity contribution is 0.0627. The summed E-state index contributed by atoms with van der Waals surface area (Å²) in [5.74, 6) is 0.474. The van der Waals surface area contributed by atoms with Crippen molar-refractivity contribution in [3.05, 3.63) is 73.2 Å². The first-order chi connectivity index (χ1) is 15.9. The van der Waals surface area contributed by atoms with Crippen molar-refractivity contribution in [1.29, 1.82) is 0 Å². The van der Waals surface area contributed by atoms with Crippen molar-refractivity contribution in [3.8, 4) is 0 Å². The van der Waals surface area contributed by atoms with Crippen LogP contribution in [-0.4, -0.2) is 52.9 Å². The molecule has 1 saturated heterocycles. The van der Waals surface area contributed by atoms with E-state index in [0.29, 0.717) is 52.3 Å². The number of nitrogens with one attached hydrogen (secondary N) is 1. The van der Waals surface area contributed by atoms with Gasteiger partial charge in [-0.15, -0.1) is 11.3 Å². The van der Waals surface area contributed by atoms with Gasteiger partial charge >= 0.3 is 0 Å². The number of hydrogen-bond donors (Lipinski definition) is 1. The van der Waals surface area contributed by atoms with Crippen LogP contribution in [0, 0.1) is 0 Å². The van der Waals surface area contributed by atoms with E-state index in [9.17, 15) is 9.59 Å². The first kappa shape index (κ1) is 23.8. The highest BCUT2D eigenvalue weighted by atomic mass is 35.5. The predicted molar refractivity (Wildman–Crippen MR) is 129 cm³/mol. The number of benzene rings is 1. The molecule has 33 heavy (non-hydrogen) atoms. The zero-order valence-electron chi connectivity index (χ0n) is 18.1. The maximum Gasteiger partial charge on any atom is 0.261 e. The molecular weight excluding hydrogens is 483 g/mol. The van der Waals surface area contributed by atoms with E-state index in [0.717, 1.165) is 30.1 Å². The summed E-state index contributed by atoms with van der Waals surface area (Å²) in [6.07, 6.45) is 2.15. The second-order valence-corrected chi connectivity index (χ2v) is 9.78. The molecule has 174 valence electrons. The smallest absolute Gasteiger partial charge is 0.261 e. The first-order valence-corrected chi connectivity index (χ1v) is 12.3. The number of aryl methyl sites for hydroxylation is 1. The fourth-order valence-electron chi connectivity index (χ4n) is 3.71. The maximum absolute atomic E-state index is 12.7. The summed E-state index contributed by atoms with van der Waals surface area (Å²) in [6.45, 7) is 5.86. The van der Waals surface area contributed by atoms with Crippen molar-refractivity contribution in [2.24, 2.45) is 0 Å². The summed E-state index contributed by atoms with van der Waals surface area (Å²) in [4.78, 5) is 31.2. The van der Waals surface area contributed by atoms with Crippen molar-refractivity contribution >= 4 is 46.4 Å². The van der Waals surface area contributed by atoms with Crippen molar-refractivity contribution < 1.29 is 14.1 Å². The van der Waals surface area contributed by atoms with Gasteiger partial charge in [-0.3, -0.25) is 14.5 Å². The largest absolute Gasteiger partial charge is 0.361 e. The Balaban J connectivity index is 1.27. The molecule has 1 N–H and O–H groups in total. The summed E-state index contributed by atoms with van der Waals surface area (Å²) >= 11 is 13.6. The summed E-state index contributed by atoms with van der Waals surface area (Å²) < 4.78 is 5.15. The molecule has 1 fully saturated rings. The minimum atomic E-state index is -0.131. The van der Waals surface area contributed by atoms with Gasteiger partial charge in [0.2, 0.25) is 0 Å². The number of amides is 2. The third kappa shape index (κ3) is 5.76. The number of rotatable bonds is 7. The summed E-state index contributed by atoms with van der Waals surface area (Å²) in [5.41, 5.74) is 1.37. The van der Waals surface area contributed by atoms with Crippen LogP contribution < -0.4 is 5.32 Å². The van der Waals surface area contributed by atoms with Crippen molar-refractivity contribution in [3.63, 3.8) is 0 Å². The summed E-state index contributed by atoms with van der Waals surface area (Å²) in [6, 6.07) is 9.05. The fraction of sp³-hybridized carbons (Fsp3) is 0.348. The molecule has 1 aromatic carbocycles. The molecule has 3 heterocycles. The number of piperazine rings is 1. The van der Waals surface area contributed by atoms with Gasteiger partial charge in [-0.05, 0) is 29.8 Å². The van der Waals surface area contributed by atoms with Crippen LogP contribution in [0.3, 0.4) is 0 Å². The standard InChI is InChI=1S/C23H24Cl2N4O3S/c1-2-20-18(13-27-32-20)23(31)29-9-7-28(8-10-29)14-17-5-6-21(33-17)22(30)26-12-15-3-4-16(24)11-19(15)25/h3-6,11,13H,2,7-10,12,14H2,1H3,(H,26,30). The van der Waals surface area contributed by atoms with Crippen LogP contribution in [0.25, 0.3) is 0 Å². The van der Waals surface area contributed by atoms with Crippen LogP contribution in [0.5, 0.6) is 0 Å². The van der Waals surface area contributed by atoms with Gasteiger partial charge in [0.15, 0.2) is 0 Å². The Kier molecular flexibility index (Phi) is 7.70. The summed E-state index contributed by atoms with van der Waals surface area (Å²) in [7, 11) is 0.